The largest absolute Gasteiger partial charge is 0.288 e. The van der Waals surface area contributed by atoms with E-state index < -0.39 is 10.0 Å². The van der Waals surface area contributed by atoms with Crippen LogP contribution in [0.15, 0.2) is 47.4 Å². The second kappa shape index (κ2) is 8.68. The van der Waals surface area contributed by atoms with E-state index >= 15 is 0 Å². The summed E-state index contributed by atoms with van der Waals surface area (Å²) in [5.74, 6) is -0.164. The Morgan fingerprint density at radius 2 is 1.87 bits per heavy atom. The first-order chi connectivity index (χ1) is 14.8. The fourth-order valence-electron chi connectivity index (χ4n) is 4.15. The third-order valence-corrected chi connectivity index (χ3v) is 8.97. The molecule has 0 bridgehead atoms. The highest BCUT2D eigenvalue weighted by Crippen LogP contribution is 2.32. The molecule has 8 heteroatoms. The number of anilines is 1. The molecule has 1 fully saturated rings. The maximum atomic E-state index is 13.2. The number of hydrogen-bond acceptors (Lipinski definition) is 5. The van der Waals surface area contributed by atoms with Crippen molar-refractivity contribution in [3.05, 3.63) is 53.6 Å². The highest BCUT2D eigenvalue weighted by Gasteiger charge is 2.35. The monoisotopic (exact) mass is 457 g/mol. The van der Waals surface area contributed by atoms with Crippen molar-refractivity contribution in [1.29, 1.82) is 0 Å². The molecule has 0 N–H and O–H groups in total. The van der Waals surface area contributed by atoms with Gasteiger partial charge in [-0.2, -0.15) is 4.31 Å². The van der Waals surface area contributed by atoms with Crippen molar-refractivity contribution >= 4 is 42.6 Å². The molecule has 3 aromatic rings. The van der Waals surface area contributed by atoms with Crippen LogP contribution in [0.25, 0.3) is 10.2 Å². The van der Waals surface area contributed by atoms with E-state index in [-0.39, 0.29) is 11.8 Å². The minimum absolute atomic E-state index is 0.0325. The van der Waals surface area contributed by atoms with Crippen molar-refractivity contribution in [1.82, 2.24) is 9.29 Å². The van der Waals surface area contributed by atoms with Crippen molar-refractivity contribution in [2.45, 2.75) is 38.5 Å². The second-order valence-corrected chi connectivity index (χ2v) is 10.9. The van der Waals surface area contributed by atoms with Gasteiger partial charge < -0.3 is 0 Å². The van der Waals surface area contributed by atoms with E-state index in [4.69, 9.17) is 0 Å². The average Bonchev–Trinajstić information content (AvgIpc) is 3.17. The fraction of sp³-hybridized carbons (Fsp3) is 0.391. The molecule has 0 aliphatic carbocycles. The number of carbonyl (C=O) groups is 1. The third kappa shape index (κ3) is 4.24. The van der Waals surface area contributed by atoms with Gasteiger partial charge in [-0.15, -0.1) is 0 Å². The molecular weight excluding hydrogens is 430 g/mol. The zero-order valence-electron chi connectivity index (χ0n) is 18.0. The smallest absolute Gasteiger partial charge is 0.243 e. The van der Waals surface area contributed by atoms with E-state index in [0.717, 1.165) is 21.3 Å². The van der Waals surface area contributed by atoms with Crippen LogP contribution in [0, 0.1) is 19.8 Å². The van der Waals surface area contributed by atoms with Crippen LogP contribution in [-0.2, 0) is 14.8 Å². The number of aryl methyl sites for hydroxylation is 2. The number of piperidine rings is 1. The summed E-state index contributed by atoms with van der Waals surface area (Å²) in [6.45, 7) is 6.97. The van der Waals surface area contributed by atoms with Crippen LogP contribution in [0.2, 0.25) is 0 Å². The molecule has 1 aliphatic heterocycles. The summed E-state index contributed by atoms with van der Waals surface area (Å²) in [5.41, 5.74) is 2.68. The number of sulfonamides is 1. The van der Waals surface area contributed by atoms with E-state index in [9.17, 15) is 13.2 Å². The van der Waals surface area contributed by atoms with E-state index in [1.807, 2.05) is 57.2 Å². The molecule has 0 saturated carbocycles. The SMILES string of the molecule is CCN(C(=O)C1CCN(S(=O)(=O)c2ccc(C)cc2C)CC1)c1nc2ccccc2s1. The van der Waals surface area contributed by atoms with Crippen molar-refractivity contribution in [3.8, 4) is 0 Å². The molecule has 2 aromatic carbocycles. The standard InChI is InChI=1S/C23H27N3O3S2/c1-4-26(23-24-19-7-5-6-8-20(19)30-23)22(27)18-11-13-25(14-12-18)31(28,29)21-10-9-16(2)15-17(21)3/h5-10,15,18H,4,11-14H2,1-3H3. The van der Waals surface area contributed by atoms with Crippen LogP contribution in [0.1, 0.15) is 30.9 Å². The van der Waals surface area contributed by atoms with Crippen LogP contribution in [0.5, 0.6) is 0 Å². The number of nitrogens with zero attached hydrogens (tertiary/aromatic N) is 3. The van der Waals surface area contributed by atoms with Gasteiger partial charge in [-0.25, -0.2) is 13.4 Å². The fourth-order valence-corrected chi connectivity index (χ4v) is 6.86. The van der Waals surface area contributed by atoms with Gasteiger partial charge >= 0.3 is 0 Å². The van der Waals surface area contributed by atoms with Gasteiger partial charge in [-0.1, -0.05) is 41.2 Å². The van der Waals surface area contributed by atoms with Gasteiger partial charge in [0.1, 0.15) is 0 Å². The van der Waals surface area contributed by atoms with E-state index in [2.05, 4.69) is 4.98 Å². The number of fused-ring (bicyclic) bond motifs is 1. The van der Waals surface area contributed by atoms with Crippen LogP contribution >= 0.6 is 11.3 Å². The number of para-hydroxylation sites is 1. The van der Waals surface area contributed by atoms with Crippen LogP contribution in [-0.4, -0.2) is 43.2 Å². The lowest BCUT2D eigenvalue weighted by atomic mass is 9.96. The molecule has 0 radical (unpaired) electrons. The maximum absolute atomic E-state index is 13.2. The number of carbonyl (C=O) groups excluding carboxylic acids is 1. The van der Waals surface area contributed by atoms with Gasteiger partial charge in [0, 0.05) is 25.6 Å². The number of hydrogen-bond donors (Lipinski definition) is 0. The molecular formula is C23H27N3O3S2. The Morgan fingerprint density at radius 1 is 1.16 bits per heavy atom. The molecule has 164 valence electrons. The van der Waals surface area contributed by atoms with Crippen LogP contribution in [0.4, 0.5) is 5.13 Å². The minimum Gasteiger partial charge on any atom is -0.288 e. The predicted molar refractivity (Wildman–Crippen MR) is 125 cm³/mol. The Hall–Kier alpha value is -2.29. The van der Waals surface area contributed by atoms with Gasteiger partial charge in [0.15, 0.2) is 5.13 Å². The second-order valence-electron chi connectivity index (χ2n) is 7.99. The topological polar surface area (TPSA) is 70.6 Å². The van der Waals surface area contributed by atoms with Gasteiger partial charge in [-0.3, -0.25) is 9.69 Å². The molecule has 6 nitrogen and oxygen atoms in total. The number of aromatic nitrogens is 1. The average molecular weight is 458 g/mol. The molecule has 1 amide bonds. The summed E-state index contributed by atoms with van der Waals surface area (Å²) in [5, 5.41) is 0.707. The first-order valence-corrected chi connectivity index (χ1v) is 12.8. The predicted octanol–water partition coefficient (Wildman–Crippen LogP) is 4.37. The summed E-state index contributed by atoms with van der Waals surface area (Å²) in [7, 11) is -3.56. The summed E-state index contributed by atoms with van der Waals surface area (Å²) in [6.07, 6.45) is 1.04. The first-order valence-electron chi connectivity index (χ1n) is 10.6. The van der Waals surface area contributed by atoms with Gasteiger partial charge in [0.25, 0.3) is 0 Å². The summed E-state index contributed by atoms with van der Waals surface area (Å²) >= 11 is 1.51. The Bertz CT molecular complexity index is 1180. The van der Waals surface area contributed by atoms with Gasteiger partial charge in [0.2, 0.25) is 15.9 Å². The van der Waals surface area contributed by atoms with Crippen LogP contribution < -0.4 is 4.90 Å². The van der Waals surface area contributed by atoms with Crippen molar-refractivity contribution in [2.75, 3.05) is 24.5 Å². The van der Waals surface area contributed by atoms with E-state index in [1.54, 1.807) is 11.0 Å². The molecule has 0 atom stereocenters. The number of rotatable bonds is 5. The maximum Gasteiger partial charge on any atom is 0.243 e. The number of thiazole rings is 1. The zero-order chi connectivity index (χ0) is 22.2. The van der Waals surface area contributed by atoms with Crippen LogP contribution in [0.3, 0.4) is 0 Å². The Kier molecular flexibility index (Phi) is 6.14. The summed E-state index contributed by atoms with van der Waals surface area (Å²) in [4.78, 5) is 20.0. The van der Waals surface area contributed by atoms with Gasteiger partial charge in [0.05, 0.1) is 15.1 Å². The first kappa shape index (κ1) is 21.9. The van der Waals surface area contributed by atoms with E-state index in [0.29, 0.717) is 42.5 Å². The molecule has 1 aliphatic rings. The van der Waals surface area contributed by atoms with E-state index in [1.165, 1.54) is 15.6 Å². The zero-order valence-corrected chi connectivity index (χ0v) is 19.7. The normalized spacial score (nSPS) is 16.0. The quantitative estimate of drug-likeness (QED) is 0.571. The molecule has 1 aromatic heterocycles. The van der Waals surface area contributed by atoms with Crippen molar-refractivity contribution in [2.24, 2.45) is 5.92 Å². The lowest BCUT2D eigenvalue weighted by molar-refractivity contribution is -0.123. The molecule has 4 rings (SSSR count). The van der Waals surface area contributed by atoms with Gasteiger partial charge in [-0.05, 0) is 57.4 Å². The number of amides is 1. The lowest BCUT2D eigenvalue weighted by Crippen LogP contribution is -2.44. The highest BCUT2D eigenvalue weighted by atomic mass is 32.2. The minimum atomic E-state index is -3.56. The molecule has 1 saturated heterocycles. The molecule has 0 spiro atoms. The third-order valence-electron chi connectivity index (χ3n) is 5.85. The highest BCUT2D eigenvalue weighted by molar-refractivity contribution is 7.89. The molecule has 31 heavy (non-hydrogen) atoms. The lowest BCUT2D eigenvalue weighted by Gasteiger charge is -2.33. The van der Waals surface area contributed by atoms with Crippen molar-refractivity contribution < 1.29 is 13.2 Å². The Balaban J connectivity index is 1.47. The Morgan fingerprint density at radius 3 is 2.52 bits per heavy atom. The Labute approximate surface area is 187 Å². The summed E-state index contributed by atoms with van der Waals surface area (Å²) in [6, 6.07) is 13.3. The molecule has 2 heterocycles. The number of benzene rings is 2. The summed E-state index contributed by atoms with van der Waals surface area (Å²) < 4.78 is 28.8. The molecule has 0 unspecified atom stereocenters. The van der Waals surface area contributed by atoms with Crippen molar-refractivity contribution in [3.63, 3.8) is 0 Å².